The van der Waals surface area contributed by atoms with Crippen LogP contribution in [-0.2, 0) is 9.53 Å². The predicted octanol–water partition coefficient (Wildman–Crippen LogP) is 1.48. The number of carboxylic acids is 1. The lowest BCUT2D eigenvalue weighted by Crippen LogP contribution is -2.42. The highest BCUT2D eigenvalue weighted by Crippen LogP contribution is 2.11. The number of carbonyl (C=O) groups is 2. The van der Waals surface area contributed by atoms with Gasteiger partial charge in [0.05, 0.1) is 12.5 Å². The first kappa shape index (κ1) is 16.5. The number of hydrogen-bond acceptors (Lipinski definition) is 3. The van der Waals surface area contributed by atoms with Crippen LogP contribution in [0.1, 0.15) is 26.2 Å². The van der Waals surface area contributed by atoms with E-state index in [4.69, 9.17) is 9.84 Å². The molecule has 0 fully saturated rings. The van der Waals surface area contributed by atoms with Gasteiger partial charge in [0, 0.05) is 26.7 Å². The van der Waals surface area contributed by atoms with Gasteiger partial charge in [-0.1, -0.05) is 13.0 Å². The van der Waals surface area contributed by atoms with Gasteiger partial charge in [-0.25, -0.2) is 4.79 Å². The Kier molecular flexibility index (Phi) is 7.08. The minimum absolute atomic E-state index is 0.0827. The minimum atomic E-state index is -0.789. The zero-order valence-corrected chi connectivity index (χ0v) is 12.2. The molecule has 6 nitrogen and oxygen atoms in total. The molecule has 0 aliphatic carbocycles. The van der Waals surface area contributed by atoms with E-state index in [1.807, 2.05) is 6.08 Å². The van der Waals surface area contributed by atoms with E-state index in [2.05, 4.69) is 5.32 Å². The molecule has 0 spiro atoms. The first-order valence-electron chi connectivity index (χ1n) is 6.97. The van der Waals surface area contributed by atoms with E-state index in [9.17, 15) is 9.59 Å². The molecule has 0 bridgehead atoms. The molecule has 0 aromatic rings. The van der Waals surface area contributed by atoms with Crippen molar-refractivity contribution in [2.75, 3.05) is 33.4 Å². The summed E-state index contributed by atoms with van der Waals surface area (Å²) in [5, 5.41) is 11.6. The summed E-state index contributed by atoms with van der Waals surface area (Å²) in [4.78, 5) is 24.3. The number of nitrogens with zero attached hydrogens (tertiary/aromatic N) is 1. The zero-order chi connectivity index (χ0) is 15.0. The van der Waals surface area contributed by atoms with Gasteiger partial charge in [-0.2, -0.15) is 0 Å². The fourth-order valence-electron chi connectivity index (χ4n) is 2.05. The third-order valence-electron chi connectivity index (χ3n) is 3.43. The number of ether oxygens (including phenoxy) is 1. The van der Waals surface area contributed by atoms with Crippen molar-refractivity contribution < 1.29 is 19.4 Å². The van der Waals surface area contributed by atoms with Crippen LogP contribution in [0.4, 0.5) is 4.79 Å². The summed E-state index contributed by atoms with van der Waals surface area (Å²) in [6.45, 7) is 4.13. The Bertz CT molecular complexity index is 368. The topological polar surface area (TPSA) is 78.9 Å². The molecule has 1 heterocycles. The number of methoxy groups -OCH3 is 1. The van der Waals surface area contributed by atoms with E-state index < -0.39 is 5.97 Å². The number of aliphatic carboxylic acids is 1. The highest BCUT2D eigenvalue weighted by atomic mass is 16.5. The Morgan fingerprint density at radius 3 is 2.85 bits per heavy atom. The monoisotopic (exact) mass is 284 g/mol. The fraction of sp³-hybridized carbons (Fsp3) is 0.714. The third-order valence-corrected chi connectivity index (χ3v) is 3.43. The first-order valence-corrected chi connectivity index (χ1v) is 6.97. The molecule has 20 heavy (non-hydrogen) atoms. The molecule has 0 aromatic carbocycles. The minimum Gasteiger partial charge on any atom is -0.481 e. The highest BCUT2D eigenvalue weighted by molar-refractivity contribution is 5.74. The molecule has 0 radical (unpaired) electrons. The number of hydrogen-bond donors (Lipinski definition) is 2. The van der Waals surface area contributed by atoms with Crippen LogP contribution in [0.25, 0.3) is 0 Å². The van der Waals surface area contributed by atoms with Crippen molar-refractivity contribution in [2.45, 2.75) is 26.2 Å². The predicted molar refractivity (Wildman–Crippen MR) is 75.6 cm³/mol. The van der Waals surface area contributed by atoms with Crippen LogP contribution in [0.15, 0.2) is 11.6 Å². The van der Waals surface area contributed by atoms with Gasteiger partial charge in [-0.05, 0) is 24.8 Å². The van der Waals surface area contributed by atoms with E-state index in [0.717, 1.165) is 6.42 Å². The molecule has 1 atom stereocenters. The van der Waals surface area contributed by atoms with Crippen LogP contribution in [0.3, 0.4) is 0 Å². The largest absolute Gasteiger partial charge is 0.481 e. The Morgan fingerprint density at radius 1 is 1.55 bits per heavy atom. The first-order chi connectivity index (χ1) is 9.54. The number of rotatable bonds is 7. The maximum absolute atomic E-state index is 11.9. The Balaban J connectivity index is 2.19. The standard InChI is InChI=1S/C14H24N2O4/c1-11(13(17)18)4-3-7-15-14(19)16-8-5-12(6-9-16)10-20-2/h5,11H,3-4,6-10H2,1-2H3,(H,15,19)(H,17,18). The van der Waals surface area contributed by atoms with Gasteiger partial charge in [0.15, 0.2) is 0 Å². The van der Waals surface area contributed by atoms with Gasteiger partial charge in [-0.3, -0.25) is 4.79 Å². The Labute approximate surface area is 119 Å². The smallest absolute Gasteiger partial charge is 0.317 e. The highest BCUT2D eigenvalue weighted by Gasteiger charge is 2.17. The van der Waals surface area contributed by atoms with Gasteiger partial charge >= 0.3 is 12.0 Å². The fourth-order valence-corrected chi connectivity index (χ4v) is 2.05. The van der Waals surface area contributed by atoms with Gasteiger partial charge in [0.25, 0.3) is 0 Å². The van der Waals surface area contributed by atoms with Crippen molar-refractivity contribution in [1.82, 2.24) is 10.2 Å². The Hall–Kier alpha value is -1.56. The van der Waals surface area contributed by atoms with Crippen LogP contribution >= 0.6 is 0 Å². The lowest BCUT2D eigenvalue weighted by Gasteiger charge is -2.26. The molecule has 1 aliphatic rings. The number of nitrogens with one attached hydrogen (secondary N) is 1. The molecule has 0 saturated carbocycles. The van der Waals surface area contributed by atoms with E-state index in [1.165, 1.54) is 5.57 Å². The molecule has 2 N–H and O–H groups in total. The number of carboxylic acid groups (broad SMARTS) is 1. The van der Waals surface area contributed by atoms with Crippen molar-refractivity contribution in [3.05, 3.63) is 11.6 Å². The summed E-state index contributed by atoms with van der Waals surface area (Å²) in [7, 11) is 1.66. The van der Waals surface area contributed by atoms with E-state index in [-0.39, 0.29) is 11.9 Å². The lowest BCUT2D eigenvalue weighted by molar-refractivity contribution is -0.141. The van der Waals surface area contributed by atoms with Crippen molar-refractivity contribution in [3.8, 4) is 0 Å². The maximum atomic E-state index is 11.9. The second-order valence-electron chi connectivity index (χ2n) is 5.10. The summed E-state index contributed by atoms with van der Waals surface area (Å²) in [5.41, 5.74) is 1.23. The van der Waals surface area contributed by atoms with Gasteiger partial charge in [0.1, 0.15) is 0 Å². The van der Waals surface area contributed by atoms with Crippen molar-refractivity contribution >= 4 is 12.0 Å². The summed E-state index contributed by atoms with van der Waals surface area (Å²) in [5.74, 6) is -1.15. The zero-order valence-electron chi connectivity index (χ0n) is 12.2. The molecule has 1 unspecified atom stereocenters. The van der Waals surface area contributed by atoms with E-state index in [1.54, 1.807) is 18.9 Å². The molecule has 2 amide bonds. The number of amides is 2. The van der Waals surface area contributed by atoms with Crippen LogP contribution in [0.5, 0.6) is 0 Å². The molecule has 1 aliphatic heterocycles. The third kappa shape index (κ3) is 5.61. The van der Waals surface area contributed by atoms with Gasteiger partial charge < -0.3 is 20.1 Å². The summed E-state index contributed by atoms with van der Waals surface area (Å²) in [6.07, 6.45) is 4.13. The normalized spacial score (nSPS) is 16.5. The van der Waals surface area contributed by atoms with Crippen molar-refractivity contribution in [1.29, 1.82) is 0 Å². The lowest BCUT2D eigenvalue weighted by atomic mass is 10.1. The van der Waals surface area contributed by atoms with Gasteiger partial charge in [-0.15, -0.1) is 0 Å². The quantitative estimate of drug-likeness (QED) is 0.548. The average molecular weight is 284 g/mol. The molecule has 1 rings (SSSR count). The molecule has 6 heteroatoms. The van der Waals surface area contributed by atoms with Crippen molar-refractivity contribution in [3.63, 3.8) is 0 Å². The van der Waals surface area contributed by atoms with E-state index in [0.29, 0.717) is 39.1 Å². The van der Waals surface area contributed by atoms with Crippen LogP contribution < -0.4 is 5.32 Å². The molecule has 114 valence electrons. The molecular weight excluding hydrogens is 260 g/mol. The summed E-state index contributed by atoms with van der Waals surface area (Å²) < 4.78 is 5.06. The molecular formula is C14H24N2O4. The van der Waals surface area contributed by atoms with Crippen molar-refractivity contribution in [2.24, 2.45) is 5.92 Å². The van der Waals surface area contributed by atoms with Crippen LogP contribution in [0.2, 0.25) is 0 Å². The van der Waals surface area contributed by atoms with E-state index >= 15 is 0 Å². The average Bonchev–Trinajstić information content (AvgIpc) is 2.44. The van der Waals surface area contributed by atoms with Gasteiger partial charge in [0.2, 0.25) is 0 Å². The van der Waals surface area contributed by atoms with Crippen LogP contribution in [0, 0.1) is 5.92 Å². The Morgan fingerprint density at radius 2 is 2.30 bits per heavy atom. The summed E-state index contributed by atoms with van der Waals surface area (Å²) in [6, 6.07) is -0.0827. The second kappa shape index (κ2) is 8.58. The molecule has 0 aromatic heterocycles. The maximum Gasteiger partial charge on any atom is 0.317 e. The SMILES string of the molecule is COCC1=CCN(C(=O)NCCCC(C)C(=O)O)CC1. The second-order valence-corrected chi connectivity index (χ2v) is 5.10. The summed E-state index contributed by atoms with van der Waals surface area (Å²) >= 11 is 0. The number of carbonyl (C=O) groups excluding carboxylic acids is 1. The van der Waals surface area contributed by atoms with Crippen LogP contribution in [-0.4, -0.2) is 55.4 Å². The number of urea groups is 1. The molecule has 0 saturated heterocycles.